The number of hydrogen-bond acceptors (Lipinski definition) is 10. The van der Waals surface area contributed by atoms with Gasteiger partial charge < -0.3 is 25.0 Å². The van der Waals surface area contributed by atoms with E-state index in [0.717, 1.165) is 42.1 Å². The zero-order valence-electron chi connectivity index (χ0n) is 32.2. The summed E-state index contributed by atoms with van der Waals surface area (Å²) in [7, 11) is -2.29. The molecule has 4 amide bonds. The number of methoxy groups -OCH3 is 1. The number of aromatic nitrogens is 1. The molecule has 0 unspecified atom stereocenters. The minimum atomic E-state index is -3.88. The van der Waals surface area contributed by atoms with Crippen molar-refractivity contribution in [3.8, 4) is 5.88 Å². The van der Waals surface area contributed by atoms with Crippen LogP contribution < -0.4 is 20.1 Å². The van der Waals surface area contributed by atoms with Crippen LogP contribution in [0.25, 0.3) is 10.9 Å². The van der Waals surface area contributed by atoms with Crippen molar-refractivity contribution in [2.24, 2.45) is 17.8 Å². The maximum atomic E-state index is 14.8. The second-order valence-electron chi connectivity index (χ2n) is 17.0. The number of para-hydroxylation sites is 1. The van der Waals surface area contributed by atoms with E-state index in [1.807, 2.05) is 42.5 Å². The topological polar surface area (TPSA) is 176 Å². The van der Waals surface area contributed by atoms with Crippen LogP contribution in [0.3, 0.4) is 0 Å². The lowest BCUT2D eigenvalue weighted by molar-refractivity contribution is -0.142. The standard InChI is InChI=1S/C40H54N6O8S/c1-39(2,3)54-38(50)42-32-16-10-8-6-5-7-9-13-27-20-40(27,37(49)44-55(51,52)28-17-18-28)43-35(47)34-30-24-45(22-26(30)23-46(34)36(32)48)21-25-19-33(53-4)41-31-15-12-11-14-29(25)31/h9,11-15,19,26-28,30,32,34H,5-8,10,16-18,20-24H2,1-4H3,(H,42,50)(H,43,47)(H,44,49)/b13-9-/t26-,27-,30-,32+,34-,40+/m0/s1. The average molecular weight is 779 g/mol. The van der Waals surface area contributed by atoms with Crippen LogP contribution in [0.2, 0.25) is 0 Å². The highest BCUT2D eigenvalue weighted by atomic mass is 32.2. The predicted molar refractivity (Wildman–Crippen MR) is 205 cm³/mol. The Hall–Kier alpha value is -4.24. The van der Waals surface area contributed by atoms with Crippen LogP contribution in [0.1, 0.15) is 84.1 Å². The summed E-state index contributed by atoms with van der Waals surface area (Å²) >= 11 is 0. The maximum absolute atomic E-state index is 14.8. The molecule has 3 N–H and O–H groups in total. The van der Waals surface area contributed by atoms with Crippen LogP contribution in [0.15, 0.2) is 42.5 Å². The summed E-state index contributed by atoms with van der Waals surface area (Å²) in [6.45, 7) is 7.22. The smallest absolute Gasteiger partial charge is 0.408 e. The first kappa shape index (κ1) is 39.0. The number of nitrogens with one attached hydrogen (secondary N) is 3. The number of benzene rings is 1. The minimum Gasteiger partial charge on any atom is -0.481 e. The number of ether oxygens (including phenoxy) is 2. The Balaban J connectivity index is 1.19. The Bertz CT molecular complexity index is 1960. The Morgan fingerprint density at radius 2 is 1.80 bits per heavy atom. The highest BCUT2D eigenvalue weighted by Gasteiger charge is 2.63. The largest absolute Gasteiger partial charge is 0.481 e. The van der Waals surface area contributed by atoms with Crippen LogP contribution >= 0.6 is 0 Å². The van der Waals surface area contributed by atoms with Gasteiger partial charge in [-0.25, -0.2) is 18.2 Å². The molecule has 298 valence electrons. The fraction of sp³-hybridized carbons (Fsp3) is 0.625. The van der Waals surface area contributed by atoms with E-state index in [2.05, 4.69) is 25.2 Å². The van der Waals surface area contributed by atoms with E-state index in [0.29, 0.717) is 51.2 Å². The van der Waals surface area contributed by atoms with Crippen molar-refractivity contribution < 1.29 is 37.1 Å². The number of sulfonamides is 1. The second kappa shape index (κ2) is 15.4. The lowest BCUT2D eigenvalue weighted by atomic mass is 9.93. The zero-order valence-corrected chi connectivity index (χ0v) is 33.0. The van der Waals surface area contributed by atoms with Gasteiger partial charge in [0.2, 0.25) is 27.7 Å². The number of nitrogens with zero attached hydrogens (tertiary/aromatic N) is 3. The lowest BCUT2D eigenvalue weighted by Gasteiger charge is -2.33. The van der Waals surface area contributed by atoms with Crippen molar-refractivity contribution in [2.75, 3.05) is 26.7 Å². The van der Waals surface area contributed by atoms with E-state index in [9.17, 15) is 27.6 Å². The normalized spacial score (nSPS) is 29.7. The molecule has 4 fully saturated rings. The van der Waals surface area contributed by atoms with Crippen LogP contribution in [0.5, 0.6) is 5.88 Å². The van der Waals surface area contributed by atoms with Gasteiger partial charge in [-0.3, -0.25) is 24.0 Å². The van der Waals surface area contributed by atoms with E-state index in [4.69, 9.17) is 9.47 Å². The van der Waals surface area contributed by atoms with Crippen molar-refractivity contribution in [1.29, 1.82) is 0 Å². The molecule has 0 spiro atoms. The summed E-state index contributed by atoms with van der Waals surface area (Å²) in [5.74, 6) is -1.87. The van der Waals surface area contributed by atoms with E-state index in [1.165, 1.54) is 0 Å². The molecule has 4 heterocycles. The number of likely N-dealkylation sites (tertiary alicyclic amines) is 1. The molecule has 2 saturated carbocycles. The number of alkyl carbamates (subject to hydrolysis) is 1. The van der Waals surface area contributed by atoms with Crippen LogP contribution in [0, 0.1) is 17.8 Å². The van der Waals surface area contributed by atoms with Crippen molar-refractivity contribution in [1.82, 2.24) is 30.1 Å². The molecule has 7 rings (SSSR count). The van der Waals surface area contributed by atoms with Gasteiger partial charge in [0, 0.05) is 49.5 Å². The SMILES string of the molecule is COc1cc(CN2C[C@H]3CN4C(=O)[C@H](NC(=O)OC(C)(C)C)CCCCCC/C=C\[C@H]5C[C@@]5(C(=O)NS(=O)(=O)C5CC5)NC(=O)[C@@H]4[C@H]3C2)c2ccccc2n1. The molecule has 2 saturated heterocycles. The summed E-state index contributed by atoms with van der Waals surface area (Å²) in [5.41, 5.74) is -0.394. The van der Waals surface area contributed by atoms with Crippen LogP contribution in [-0.4, -0.2) is 102 Å². The Morgan fingerprint density at radius 3 is 2.55 bits per heavy atom. The average Bonchev–Trinajstić information content (AvgIpc) is 4.02. The van der Waals surface area contributed by atoms with Gasteiger partial charge in [0.05, 0.1) is 17.9 Å². The molecule has 0 radical (unpaired) electrons. The Morgan fingerprint density at radius 1 is 1.04 bits per heavy atom. The quantitative estimate of drug-likeness (QED) is 0.351. The number of hydrogen-bond donors (Lipinski definition) is 3. The molecule has 6 atom stereocenters. The fourth-order valence-electron chi connectivity index (χ4n) is 8.62. The molecule has 15 heteroatoms. The molecule has 3 aliphatic heterocycles. The van der Waals surface area contributed by atoms with E-state index in [1.54, 1.807) is 32.8 Å². The number of allylic oxidation sites excluding steroid dienone is 1. The third kappa shape index (κ3) is 8.62. The van der Waals surface area contributed by atoms with Crippen LogP contribution in [-0.2, 0) is 35.7 Å². The van der Waals surface area contributed by atoms with Gasteiger partial charge in [0.1, 0.15) is 23.2 Å². The van der Waals surface area contributed by atoms with Crippen molar-refractivity contribution in [3.63, 3.8) is 0 Å². The minimum absolute atomic E-state index is 0.0751. The molecule has 2 aliphatic carbocycles. The highest BCUT2D eigenvalue weighted by Crippen LogP contribution is 2.47. The number of carbonyl (C=O) groups excluding carboxylic acids is 4. The van der Waals surface area contributed by atoms with Gasteiger partial charge in [0.25, 0.3) is 5.91 Å². The Labute approximate surface area is 323 Å². The van der Waals surface area contributed by atoms with Gasteiger partial charge in [-0.1, -0.05) is 49.6 Å². The monoisotopic (exact) mass is 778 g/mol. The molecule has 0 bridgehead atoms. The number of pyridine rings is 1. The van der Waals surface area contributed by atoms with Crippen LogP contribution in [0.4, 0.5) is 4.79 Å². The van der Waals surface area contributed by atoms with Crippen molar-refractivity contribution in [2.45, 2.75) is 114 Å². The summed E-state index contributed by atoms with van der Waals surface area (Å²) in [6, 6.07) is 7.91. The van der Waals surface area contributed by atoms with Gasteiger partial charge in [-0.15, -0.1) is 0 Å². The first-order valence-corrected chi connectivity index (χ1v) is 21.2. The fourth-order valence-corrected chi connectivity index (χ4v) is 9.98. The molecule has 1 aromatic carbocycles. The molecular weight excluding hydrogens is 725 g/mol. The number of amides is 4. The number of fused-ring (bicyclic) bond motifs is 5. The maximum Gasteiger partial charge on any atom is 0.408 e. The third-order valence-electron chi connectivity index (χ3n) is 11.6. The van der Waals surface area contributed by atoms with E-state index < -0.39 is 62.3 Å². The summed E-state index contributed by atoms with van der Waals surface area (Å²) in [4.78, 5) is 64.8. The molecule has 2 aromatic rings. The van der Waals surface area contributed by atoms with Crippen molar-refractivity contribution in [3.05, 3.63) is 48.0 Å². The summed E-state index contributed by atoms with van der Waals surface area (Å²) < 4.78 is 39.2. The first-order valence-electron chi connectivity index (χ1n) is 19.7. The second-order valence-corrected chi connectivity index (χ2v) is 18.9. The number of rotatable bonds is 7. The van der Waals surface area contributed by atoms with Crippen molar-refractivity contribution >= 4 is 44.7 Å². The molecule has 1 aromatic heterocycles. The van der Waals surface area contributed by atoms with E-state index >= 15 is 0 Å². The first-order chi connectivity index (χ1) is 26.2. The predicted octanol–water partition coefficient (Wildman–Crippen LogP) is 3.79. The molecule has 5 aliphatic rings. The lowest BCUT2D eigenvalue weighted by Crippen LogP contribution is -2.60. The summed E-state index contributed by atoms with van der Waals surface area (Å²) in [5, 5.41) is 6.22. The Kier molecular flexibility index (Phi) is 10.9. The summed E-state index contributed by atoms with van der Waals surface area (Å²) in [6.07, 6.45) is 8.94. The molecule has 14 nitrogen and oxygen atoms in total. The van der Waals surface area contributed by atoms with Gasteiger partial charge >= 0.3 is 6.09 Å². The van der Waals surface area contributed by atoms with E-state index in [-0.39, 0.29) is 30.7 Å². The van der Waals surface area contributed by atoms with Gasteiger partial charge in [0.15, 0.2) is 0 Å². The van der Waals surface area contributed by atoms with Gasteiger partial charge in [-0.05, 0) is 76.8 Å². The molecular formula is C40H54N6O8S. The molecule has 55 heavy (non-hydrogen) atoms. The van der Waals surface area contributed by atoms with Gasteiger partial charge in [-0.2, -0.15) is 0 Å². The number of carbonyl (C=O) groups is 4. The third-order valence-corrected chi connectivity index (χ3v) is 13.4. The highest BCUT2D eigenvalue weighted by molar-refractivity contribution is 7.91. The zero-order chi connectivity index (χ0) is 39.1.